The summed E-state index contributed by atoms with van der Waals surface area (Å²) >= 11 is 0. The van der Waals surface area contributed by atoms with Gasteiger partial charge in [-0.05, 0) is 67.5 Å². The van der Waals surface area contributed by atoms with E-state index in [1.54, 1.807) is 7.11 Å². The van der Waals surface area contributed by atoms with Crippen LogP contribution in [0.2, 0.25) is 0 Å². The van der Waals surface area contributed by atoms with Crippen molar-refractivity contribution in [3.8, 4) is 5.75 Å². The van der Waals surface area contributed by atoms with Crippen molar-refractivity contribution in [1.82, 2.24) is 0 Å². The minimum Gasteiger partial charge on any atom is -0.497 e. The summed E-state index contributed by atoms with van der Waals surface area (Å²) < 4.78 is 11.4. The SMILES string of the molecule is CCc1ccc(C(=O)OC2(c3ccc(OC)cc3)CCCCC2)cc1. The summed E-state index contributed by atoms with van der Waals surface area (Å²) in [4.78, 5) is 12.8. The van der Waals surface area contributed by atoms with Crippen LogP contribution >= 0.6 is 0 Å². The number of carbonyl (C=O) groups is 1. The van der Waals surface area contributed by atoms with E-state index in [9.17, 15) is 4.79 Å². The molecule has 0 atom stereocenters. The Balaban J connectivity index is 1.85. The summed E-state index contributed by atoms with van der Waals surface area (Å²) in [6.07, 6.45) is 6.06. The molecule has 25 heavy (non-hydrogen) atoms. The quantitative estimate of drug-likeness (QED) is 0.696. The van der Waals surface area contributed by atoms with Gasteiger partial charge in [-0.15, -0.1) is 0 Å². The van der Waals surface area contributed by atoms with Crippen LogP contribution in [0.1, 0.15) is 60.5 Å². The highest BCUT2D eigenvalue weighted by atomic mass is 16.6. The van der Waals surface area contributed by atoms with Crippen molar-refractivity contribution in [1.29, 1.82) is 0 Å². The van der Waals surface area contributed by atoms with Gasteiger partial charge in [0.05, 0.1) is 12.7 Å². The second kappa shape index (κ2) is 7.73. The van der Waals surface area contributed by atoms with Gasteiger partial charge in [0.2, 0.25) is 0 Å². The highest BCUT2D eigenvalue weighted by Gasteiger charge is 2.38. The molecule has 0 aliphatic heterocycles. The molecule has 2 aromatic rings. The molecule has 1 aliphatic rings. The lowest BCUT2D eigenvalue weighted by Crippen LogP contribution is -2.34. The van der Waals surface area contributed by atoms with Crippen molar-refractivity contribution in [2.45, 2.75) is 51.0 Å². The van der Waals surface area contributed by atoms with Gasteiger partial charge in [-0.25, -0.2) is 4.79 Å². The molecule has 3 heteroatoms. The predicted octanol–water partition coefficient (Wildman–Crippen LogP) is 5.27. The van der Waals surface area contributed by atoms with Crippen molar-refractivity contribution in [3.63, 3.8) is 0 Å². The van der Waals surface area contributed by atoms with Crippen molar-refractivity contribution >= 4 is 5.97 Å². The Bertz CT molecular complexity index is 695. The lowest BCUT2D eigenvalue weighted by Gasteiger charge is -2.37. The number of rotatable bonds is 5. The van der Waals surface area contributed by atoms with Crippen molar-refractivity contribution in [2.24, 2.45) is 0 Å². The first kappa shape index (κ1) is 17.5. The van der Waals surface area contributed by atoms with E-state index in [2.05, 4.69) is 6.92 Å². The average Bonchev–Trinajstić information content (AvgIpc) is 2.69. The molecule has 0 amide bonds. The van der Waals surface area contributed by atoms with E-state index in [0.717, 1.165) is 43.4 Å². The van der Waals surface area contributed by atoms with Crippen molar-refractivity contribution < 1.29 is 14.3 Å². The standard InChI is InChI=1S/C22H26O3/c1-3-17-7-9-18(10-8-17)21(23)25-22(15-5-4-6-16-22)19-11-13-20(24-2)14-12-19/h7-14H,3-6,15-16H2,1-2H3. The van der Waals surface area contributed by atoms with Gasteiger partial charge < -0.3 is 9.47 Å². The molecule has 0 aromatic heterocycles. The molecule has 3 nitrogen and oxygen atoms in total. The summed E-state index contributed by atoms with van der Waals surface area (Å²) in [5.74, 6) is 0.580. The van der Waals surface area contributed by atoms with Gasteiger partial charge in [-0.3, -0.25) is 0 Å². The average molecular weight is 338 g/mol. The first-order valence-electron chi connectivity index (χ1n) is 9.14. The molecule has 1 aliphatic carbocycles. The molecular formula is C22H26O3. The fourth-order valence-electron chi connectivity index (χ4n) is 3.58. The van der Waals surface area contributed by atoms with Crippen LogP contribution in [-0.2, 0) is 16.8 Å². The van der Waals surface area contributed by atoms with Crippen LogP contribution in [0.4, 0.5) is 0 Å². The largest absolute Gasteiger partial charge is 0.497 e. The number of hydrogen-bond acceptors (Lipinski definition) is 3. The van der Waals surface area contributed by atoms with E-state index in [0.29, 0.717) is 5.56 Å². The molecule has 0 N–H and O–H groups in total. The second-order valence-electron chi connectivity index (χ2n) is 6.72. The molecule has 1 saturated carbocycles. The fourth-order valence-corrected chi connectivity index (χ4v) is 3.58. The summed E-state index contributed by atoms with van der Waals surface area (Å²) in [7, 11) is 1.66. The van der Waals surface area contributed by atoms with Crippen LogP contribution < -0.4 is 4.74 Å². The zero-order valence-corrected chi connectivity index (χ0v) is 15.1. The number of aryl methyl sites for hydroxylation is 1. The number of methoxy groups -OCH3 is 1. The van der Waals surface area contributed by atoms with Gasteiger partial charge in [0.25, 0.3) is 0 Å². The van der Waals surface area contributed by atoms with Crippen LogP contribution in [-0.4, -0.2) is 13.1 Å². The summed E-state index contributed by atoms with van der Waals surface area (Å²) in [5.41, 5.74) is 2.38. The Morgan fingerprint density at radius 2 is 1.60 bits per heavy atom. The Labute approximate surface area is 150 Å². The number of esters is 1. The molecule has 0 unspecified atom stereocenters. The maximum atomic E-state index is 12.8. The lowest BCUT2D eigenvalue weighted by atomic mass is 9.79. The normalized spacial score (nSPS) is 16.2. The topological polar surface area (TPSA) is 35.5 Å². The molecule has 1 fully saturated rings. The first-order chi connectivity index (χ1) is 12.2. The lowest BCUT2D eigenvalue weighted by molar-refractivity contribution is -0.0417. The number of ether oxygens (including phenoxy) is 2. The minimum atomic E-state index is -0.523. The monoisotopic (exact) mass is 338 g/mol. The first-order valence-corrected chi connectivity index (χ1v) is 9.14. The Hall–Kier alpha value is -2.29. The van der Waals surface area contributed by atoms with Gasteiger partial charge >= 0.3 is 5.97 Å². The van der Waals surface area contributed by atoms with E-state index >= 15 is 0 Å². The third kappa shape index (κ3) is 3.87. The summed E-state index contributed by atoms with van der Waals surface area (Å²) in [5, 5.41) is 0. The van der Waals surface area contributed by atoms with Gasteiger partial charge in [0, 0.05) is 0 Å². The van der Waals surface area contributed by atoms with Crippen LogP contribution in [0.3, 0.4) is 0 Å². The van der Waals surface area contributed by atoms with Crippen LogP contribution in [0.5, 0.6) is 5.75 Å². The van der Waals surface area contributed by atoms with Gasteiger partial charge in [-0.2, -0.15) is 0 Å². The molecule has 0 heterocycles. The van der Waals surface area contributed by atoms with Crippen molar-refractivity contribution in [3.05, 3.63) is 65.2 Å². The molecular weight excluding hydrogens is 312 g/mol. The third-order valence-electron chi connectivity index (χ3n) is 5.16. The minimum absolute atomic E-state index is 0.236. The molecule has 2 aromatic carbocycles. The van der Waals surface area contributed by atoms with Gasteiger partial charge in [0.1, 0.15) is 11.4 Å². The molecule has 0 saturated heterocycles. The number of carbonyl (C=O) groups excluding carboxylic acids is 1. The third-order valence-corrected chi connectivity index (χ3v) is 5.16. The van der Waals surface area contributed by atoms with E-state index in [-0.39, 0.29) is 5.97 Å². The summed E-state index contributed by atoms with van der Waals surface area (Å²) in [6.45, 7) is 2.11. The van der Waals surface area contributed by atoms with E-state index in [1.165, 1.54) is 12.0 Å². The zero-order valence-electron chi connectivity index (χ0n) is 15.1. The summed E-state index contributed by atoms with van der Waals surface area (Å²) in [6, 6.07) is 15.7. The van der Waals surface area contributed by atoms with Crippen molar-refractivity contribution in [2.75, 3.05) is 7.11 Å². The molecule has 0 radical (unpaired) electrons. The van der Waals surface area contributed by atoms with E-state index < -0.39 is 5.60 Å². The Kier molecular flexibility index (Phi) is 5.42. The molecule has 132 valence electrons. The maximum absolute atomic E-state index is 12.8. The molecule has 0 spiro atoms. The second-order valence-corrected chi connectivity index (χ2v) is 6.72. The highest BCUT2D eigenvalue weighted by molar-refractivity contribution is 5.89. The van der Waals surface area contributed by atoms with E-state index in [4.69, 9.17) is 9.47 Å². The Morgan fingerprint density at radius 3 is 2.16 bits per heavy atom. The highest BCUT2D eigenvalue weighted by Crippen LogP contribution is 2.41. The molecule has 3 rings (SSSR count). The zero-order chi connectivity index (χ0) is 17.7. The Morgan fingerprint density at radius 1 is 0.960 bits per heavy atom. The number of hydrogen-bond donors (Lipinski definition) is 0. The van der Waals surface area contributed by atoms with Gasteiger partial charge in [-0.1, -0.05) is 37.6 Å². The molecule has 0 bridgehead atoms. The smallest absolute Gasteiger partial charge is 0.339 e. The van der Waals surface area contributed by atoms with Crippen LogP contribution in [0, 0.1) is 0 Å². The predicted molar refractivity (Wildman–Crippen MR) is 99.0 cm³/mol. The van der Waals surface area contributed by atoms with E-state index in [1.807, 2.05) is 48.5 Å². The maximum Gasteiger partial charge on any atom is 0.339 e. The van der Waals surface area contributed by atoms with Crippen LogP contribution in [0.15, 0.2) is 48.5 Å². The number of benzene rings is 2. The van der Waals surface area contributed by atoms with Gasteiger partial charge in [0.15, 0.2) is 0 Å². The fraction of sp³-hybridized carbons (Fsp3) is 0.409. The van der Waals surface area contributed by atoms with Crippen LogP contribution in [0.25, 0.3) is 0 Å².